The fraction of sp³-hybridized carbons (Fsp3) is 0.727. The van der Waals surface area contributed by atoms with Gasteiger partial charge in [-0.05, 0) is 18.9 Å². The van der Waals surface area contributed by atoms with Crippen LogP contribution in [-0.2, 0) is 4.79 Å². The van der Waals surface area contributed by atoms with Crippen LogP contribution in [0.3, 0.4) is 0 Å². The molecule has 0 unspecified atom stereocenters. The van der Waals surface area contributed by atoms with Gasteiger partial charge in [-0.15, -0.1) is 0 Å². The highest BCUT2D eigenvalue weighted by molar-refractivity contribution is 5.91. The van der Waals surface area contributed by atoms with E-state index in [1.165, 1.54) is 19.3 Å². The topological polar surface area (TPSA) is 17.1 Å². The lowest BCUT2D eigenvalue weighted by Gasteiger charge is -1.96. The van der Waals surface area contributed by atoms with Gasteiger partial charge in [-0.3, -0.25) is 4.79 Å². The van der Waals surface area contributed by atoms with E-state index in [-0.39, 0.29) is 11.7 Å². The van der Waals surface area contributed by atoms with Gasteiger partial charge >= 0.3 is 0 Å². The van der Waals surface area contributed by atoms with Gasteiger partial charge in [0.2, 0.25) is 0 Å². The van der Waals surface area contributed by atoms with Crippen molar-refractivity contribution in [2.24, 2.45) is 5.92 Å². The van der Waals surface area contributed by atoms with E-state index in [1.807, 2.05) is 19.9 Å². The van der Waals surface area contributed by atoms with E-state index in [4.69, 9.17) is 0 Å². The minimum atomic E-state index is 0.146. The lowest BCUT2D eigenvalue weighted by molar-refractivity contribution is -0.117. The smallest absolute Gasteiger partial charge is 0.157 e. The number of carbonyl (C=O) groups excluding carboxylic acids is 1. The first-order valence-electron chi connectivity index (χ1n) is 4.88. The summed E-state index contributed by atoms with van der Waals surface area (Å²) < 4.78 is 0. The lowest BCUT2D eigenvalue weighted by Crippen LogP contribution is -2.01. The standard InChI is InChI=1S/C11H20O/c1-4-5-6-7-8-9-11(12)10(2)3/h8-10H,4-7H2,1-3H3. The molecule has 0 fully saturated rings. The van der Waals surface area contributed by atoms with E-state index >= 15 is 0 Å². The Morgan fingerprint density at radius 2 is 2.00 bits per heavy atom. The minimum Gasteiger partial charge on any atom is -0.295 e. The van der Waals surface area contributed by atoms with Crippen molar-refractivity contribution in [1.29, 1.82) is 0 Å². The predicted molar refractivity (Wildman–Crippen MR) is 53.1 cm³/mol. The van der Waals surface area contributed by atoms with Gasteiger partial charge in [-0.25, -0.2) is 0 Å². The number of rotatable bonds is 6. The fourth-order valence-electron chi connectivity index (χ4n) is 0.904. The summed E-state index contributed by atoms with van der Waals surface area (Å²) in [6.07, 6.45) is 8.48. The zero-order valence-corrected chi connectivity index (χ0v) is 8.47. The monoisotopic (exact) mass is 168 g/mol. The average molecular weight is 168 g/mol. The quantitative estimate of drug-likeness (QED) is 0.439. The molecule has 1 heteroatoms. The Hall–Kier alpha value is -0.590. The van der Waals surface area contributed by atoms with E-state index in [0.29, 0.717) is 0 Å². The van der Waals surface area contributed by atoms with Crippen molar-refractivity contribution in [2.75, 3.05) is 0 Å². The molecule has 12 heavy (non-hydrogen) atoms. The van der Waals surface area contributed by atoms with Crippen LogP contribution >= 0.6 is 0 Å². The summed E-state index contributed by atoms with van der Waals surface area (Å²) in [6, 6.07) is 0. The second-order valence-corrected chi connectivity index (χ2v) is 3.46. The third-order valence-electron chi connectivity index (χ3n) is 1.83. The van der Waals surface area contributed by atoms with E-state index < -0.39 is 0 Å². The van der Waals surface area contributed by atoms with Crippen molar-refractivity contribution >= 4 is 5.78 Å². The molecule has 1 nitrogen and oxygen atoms in total. The zero-order chi connectivity index (χ0) is 9.40. The molecule has 70 valence electrons. The maximum atomic E-state index is 11.1. The van der Waals surface area contributed by atoms with Crippen molar-refractivity contribution in [1.82, 2.24) is 0 Å². The molecule has 0 radical (unpaired) electrons. The highest BCUT2D eigenvalue weighted by Gasteiger charge is 2.00. The first kappa shape index (κ1) is 11.4. The highest BCUT2D eigenvalue weighted by Crippen LogP contribution is 2.01. The molecular weight excluding hydrogens is 148 g/mol. The van der Waals surface area contributed by atoms with Crippen LogP contribution in [-0.4, -0.2) is 5.78 Å². The molecule has 0 saturated carbocycles. The Morgan fingerprint density at radius 3 is 2.50 bits per heavy atom. The molecule has 0 saturated heterocycles. The Labute approximate surface area is 75.9 Å². The second kappa shape index (κ2) is 7.08. The molecule has 0 N–H and O–H groups in total. The number of allylic oxidation sites excluding steroid dienone is 2. The molecule has 0 bridgehead atoms. The number of carbonyl (C=O) groups is 1. The normalized spacial score (nSPS) is 11.3. The SMILES string of the molecule is CCCCCC=CC(=O)C(C)C. The van der Waals surface area contributed by atoms with Gasteiger partial charge in [0, 0.05) is 5.92 Å². The van der Waals surface area contributed by atoms with Gasteiger partial charge in [-0.1, -0.05) is 39.7 Å². The number of unbranched alkanes of at least 4 members (excludes halogenated alkanes) is 3. The average Bonchev–Trinajstić information content (AvgIpc) is 2.03. The summed E-state index contributed by atoms with van der Waals surface area (Å²) in [6.45, 7) is 6.04. The molecule has 0 aromatic rings. The number of hydrogen-bond donors (Lipinski definition) is 0. The van der Waals surface area contributed by atoms with Crippen molar-refractivity contribution in [2.45, 2.75) is 46.5 Å². The van der Waals surface area contributed by atoms with Gasteiger partial charge in [0.1, 0.15) is 0 Å². The Kier molecular flexibility index (Phi) is 6.73. The summed E-state index contributed by atoms with van der Waals surface area (Å²) in [5, 5.41) is 0. The van der Waals surface area contributed by atoms with Gasteiger partial charge < -0.3 is 0 Å². The molecule has 0 aromatic carbocycles. The molecule has 0 aliphatic rings. The van der Waals surface area contributed by atoms with Crippen LogP contribution in [0.2, 0.25) is 0 Å². The van der Waals surface area contributed by atoms with Crippen molar-refractivity contribution in [3.05, 3.63) is 12.2 Å². The summed E-state index contributed by atoms with van der Waals surface area (Å²) >= 11 is 0. The van der Waals surface area contributed by atoms with Crippen LogP contribution in [0.5, 0.6) is 0 Å². The van der Waals surface area contributed by atoms with E-state index in [2.05, 4.69) is 6.92 Å². The zero-order valence-electron chi connectivity index (χ0n) is 8.47. The van der Waals surface area contributed by atoms with Crippen LogP contribution in [0.4, 0.5) is 0 Å². The number of hydrogen-bond acceptors (Lipinski definition) is 1. The molecule has 0 aromatic heterocycles. The molecule has 0 aliphatic heterocycles. The molecule has 0 rings (SSSR count). The second-order valence-electron chi connectivity index (χ2n) is 3.46. The number of ketones is 1. The van der Waals surface area contributed by atoms with E-state index in [0.717, 1.165) is 6.42 Å². The maximum Gasteiger partial charge on any atom is 0.157 e. The summed E-state index contributed by atoms with van der Waals surface area (Å²) in [4.78, 5) is 11.1. The Bertz CT molecular complexity index is 145. The third-order valence-corrected chi connectivity index (χ3v) is 1.83. The van der Waals surface area contributed by atoms with Crippen molar-refractivity contribution < 1.29 is 4.79 Å². The third kappa shape index (κ3) is 6.14. The van der Waals surface area contributed by atoms with Crippen LogP contribution in [0.1, 0.15) is 46.5 Å². The van der Waals surface area contributed by atoms with Crippen molar-refractivity contribution in [3.63, 3.8) is 0 Å². The molecule has 0 amide bonds. The summed E-state index contributed by atoms with van der Waals surface area (Å²) in [5.74, 6) is 0.388. The molecule has 0 aliphatic carbocycles. The van der Waals surface area contributed by atoms with E-state index in [9.17, 15) is 4.79 Å². The molecule has 0 atom stereocenters. The highest BCUT2D eigenvalue weighted by atomic mass is 16.1. The molecular formula is C11H20O. The van der Waals surface area contributed by atoms with Crippen LogP contribution in [0.15, 0.2) is 12.2 Å². The Balaban J connectivity index is 3.42. The Morgan fingerprint density at radius 1 is 1.33 bits per heavy atom. The van der Waals surface area contributed by atoms with Crippen LogP contribution in [0.25, 0.3) is 0 Å². The first-order chi connectivity index (χ1) is 5.68. The van der Waals surface area contributed by atoms with Crippen molar-refractivity contribution in [3.8, 4) is 0 Å². The van der Waals surface area contributed by atoms with Crippen LogP contribution < -0.4 is 0 Å². The van der Waals surface area contributed by atoms with Gasteiger partial charge in [0.05, 0.1) is 0 Å². The first-order valence-corrected chi connectivity index (χ1v) is 4.88. The minimum absolute atomic E-state index is 0.146. The molecule has 0 spiro atoms. The van der Waals surface area contributed by atoms with Crippen LogP contribution in [0, 0.1) is 5.92 Å². The van der Waals surface area contributed by atoms with Gasteiger partial charge in [0.25, 0.3) is 0 Å². The molecule has 0 heterocycles. The predicted octanol–water partition coefficient (Wildman–Crippen LogP) is 3.35. The fourth-order valence-corrected chi connectivity index (χ4v) is 0.904. The van der Waals surface area contributed by atoms with Gasteiger partial charge in [0.15, 0.2) is 5.78 Å². The van der Waals surface area contributed by atoms with Gasteiger partial charge in [-0.2, -0.15) is 0 Å². The summed E-state index contributed by atoms with van der Waals surface area (Å²) in [5.41, 5.74) is 0. The lowest BCUT2D eigenvalue weighted by atomic mass is 10.1. The maximum absolute atomic E-state index is 11.1. The largest absolute Gasteiger partial charge is 0.295 e. The summed E-state index contributed by atoms with van der Waals surface area (Å²) in [7, 11) is 0. The van der Waals surface area contributed by atoms with E-state index in [1.54, 1.807) is 6.08 Å².